The van der Waals surface area contributed by atoms with Gasteiger partial charge in [0, 0.05) is 37.4 Å². The number of aliphatic imine (C=N–C) groups is 2. The third-order valence-electron chi connectivity index (χ3n) is 13.4. The second-order valence-electron chi connectivity index (χ2n) is 17.0. The van der Waals surface area contributed by atoms with Crippen molar-refractivity contribution in [3.05, 3.63) is 223 Å². The van der Waals surface area contributed by atoms with Gasteiger partial charge in [-0.15, -0.1) is 11.3 Å². The molecule has 0 fully saturated rings. The van der Waals surface area contributed by atoms with Gasteiger partial charge in [0.1, 0.15) is 12.0 Å². The van der Waals surface area contributed by atoms with Crippen LogP contribution in [0.1, 0.15) is 22.9 Å². The highest BCUT2D eigenvalue weighted by atomic mass is 32.1. The minimum absolute atomic E-state index is 0.379. The Hall–Kier alpha value is -8.12. The molecule has 14 rings (SSSR count). The van der Waals surface area contributed by atoms with Gasteiger partial charge in [-0.1, -0.05) is 164 Å². The van der Waals surface area contributed by atoms with E-state index >= 15 is 0 Å². The third kappa shape index (κ3) is 5.35. The maximum Gasteiger partial charge on any atom is 0.159 e. The van der Waals surface area contributed by atoms with Crippen molar-refractivity contribution in [1.82, 2.24) is 9.88 Å². The van der Waals surface area contributed by atoms with Gasteiger partial charge in [0.25, 0.3) is 0 Å². The number of nitrogens with one attached hydrogen (secondary N) is 1. The van der Waals surface area contributed by atoms with Crippen LogP contribution in [0.2, 0.25) is 0 Å². The number of rotatable bonds is 4. The lowest BCUT2D eigenvalue weighted by molar-refractivity contribution is 0.675. The third-order valence-corrected chi connectivity index (χ3v) is 14.6. The van der Waals surface area contributed by atoms with Crippen LogP contribution in [0.4, 0.5) is 0 Å². The number of amidine groups is 2. The highest BCUT2D eigenvalue weighted by Gasteiger charge is 2.26. The predicted octanol–water partition coefficient (Wildman–Crippen LogP) is 15.4. The fraction of sp³-hybridized carbons (Fsp3) is 0.0169. The van der Waals surface area contributed by atoms with E-state index in [1.54, 1.807) is 0 Å². The molecule has 1 unspecified atom stereocenters. The predicted molar refractivity (Wildman–Crippen MR) is 273 cm³/mol. The Bertz CT molecular complexity index is 4190. The molecule has 64 heavy (non-hydrogen) atoms. The van der Waals surface area contributed by atoms with Crippen LogP contribution >= 0.6 is 11.3 Å². The highest BCUT2D eigenvalue weighted by molar-refractivity contribution is 7.27. The van der Waals surface area contributed by atoms with Crippen molar-refractivity contribution in [2.24, 2.45) is 9.98 Å². The molecule has 1 aliphatic rings. The summed E-state index contributed by atoms with van der Waals surface area (Å²) >= 11 is 1.88. The Kier molecular flexibility index (Phi) is 7.59. The smallest absolute Gasteiger partial charge is 0.159 e. The van der Waals surface area contributed by atoms with Crippen LogP contribution in [0.5, 0.6) is 0 Å². The van der Waals surface area contributed by atoms with E-state index < -0.39 is 0 Å². The molecule has 2 aromatic heterocycles. The van der Waals surface area contributed by atoms with Crippen LogP contribution in [-0.2, 0) is 0 Å². The Morgan fingerprint density at radius 3 is 1.89 bits per heavy atom. The largest absolute Gasteiger partial charge is 0.344 e. The first-order valence-electron chi connectivity index (χ1n) is 21.8. The molecule has 0 spiro atoms. The van der Waals surface area contributed by atoms with Crippen molar-refractivity contribution in [2.45, 2.75) is 6.17 Å². The van der Waals surface area contributed by atoms with Gasteiger partial charge >= 0.3 is 0 Å². The van der Waals surface area contributed by atoms with Gasteiger partial charge in [-0.05, 0) is 102 Å². The number of benzene rings is 11. The van der Waals surface area contributed by atoms with Crippen LogP contribution < -0.4 is 5.32 Å². The zero-order chi connectivity index (χ0) is 41.9. The van der Waals surface area contributed by atoms with Crippen molar-refractivity contribution in [1.29, 1.82) is 0 Å². The van der Waals surface area contributed by atoms with Crippen molar-refractivity contribution in [3.8, 4) is 5.69 Å². The van der Waals surface area contributed by atoms with E-state index in [2.05, 4.69) is 216 Å². The van der Waals surface area contributed by atoms with Gasteiger partial charge in [0.05, 0.1) is 21.4 Å². The summed E-state index contributed by atoms with van der Waals surface area (Å²) in [4.78, 5) is 10.9. The van der Waals surface area contributed by atoms with Crippen LogP contribution in [0.25, 0.3) is 102 Å². The van der Waals surface area contributed by atoms with Crippen LogP contribution in [0, 0.1) is 0 Å². The molecule has 0 amide bonds. The molecule has 11 aromatic carbocycles. The zero-order valence-corrected chi connectivity index (χ0v) is 35.3. The molecule has 3 heterocycles. The standard InChI is InChI=1S/C59H36N4S/c1-2-14-38-31-42(24-21-35(38)11-1)57-60-58(43-26-27-45-41(32-43)23-22-36-12-5-7-17-44(36)45)62-59(61-57)49-29-30-52(56-54(49)48-28-25-37-13-6-8-18-46(37)55(48)64-56)63-51-20-10-9-19-47(51)50-33-39-15-3-4-16-40(39)34-53(50)63/h1-34,58H,(H,60,61,62). The summed E-state index contributed by atoms with van der Waals surface area (Å²) in [6.45, 7) is 0. The van der Waals surface area contributed by atoms with E-state index in [0.717, 1.165) is 33.6 Å². The van der Waals surface area contributed by atoms with Gasteiger partial charge in [-0.3, -0.25) is 0 Å². The second-order valence-corrected chi connectivity index (χ2v) is 18.0. The molecule has 5 heteroatoms. The number of fused-ring (bicyclic) bond motifs is 13. The molecule has 1 N–H and O–H groups in total. The molecule has 0 bridgehead atoms. The van der Waals surface area contributed by atoms with E-state index in [1.165, 1.54) is 90.5 Å². The summed E-state index contributed by atoms with van der Waals surface area (Å²) in [7, 11) is 0. The minimum atomic E-state index is -0.379. The molecule has 298 valence electrons. The topological polar surface area (TPSA) is 41.7 Å². The molecular weight excluding hydrogens is 797 g/mol. The second kappa shape index (κ2) is 13.7. The average molecular weight is 833 g/mol. The monoisotopic (exact) mass is 832 g/mol. The van der Waals surface area contributed by atoms with Gasteiger partial charge in [0.2, 0.25) is 0 Å². The van der Waals surface area contributed by atoms with Crippen molar-refractivity contribution in [3.63, 3.8) is 0 Å². The number of nitrogens with zero attached hydrogens (tertiary/aromatic N) is 3. The highest BCUT2D eigenvalue weighted by Crippen LogP contribution is 2.45. The van der Waals surface area contributed by atoms with Gasteiger partial charge in [0.15, 0.2) is 5.84 Å². The summed E-state index contributed by atoms with van der Waals surface area (Å²) in [6, 6.07) is 75.1. The normalized spacial score (nSPS) is 14.4. The lowest BCUT2D eigenvalue weighted by Crippen LogP contribution is -2.33. The van der Waals surface area contributed by atoms with E-state index in [-0.39, 0.29) is 6.17 Å². The summed E-state index contributed by atoms with van der Waals surface area (Å²) in [5.41, 5.74) is 6.66. The number of hydrogen-bond donors (Lipinski definition) is 1. The maximum absolute atomic E-state index is 5.49. The summed E-state index contributed by atoms with van der Waals surface area (Å²) in [5.74, 6) is 1.51. The summed E-state index contributed by atoms with van der Waals surface area (Å²) in [5, 5.41) is 21.0. The number of thiophene rings is 1. The Balaban J connectivity index is 1.03. The van der Waals surface area contributed by atoms with Gasteiger partial charge in [-0.25, -0.2) is 9.98 Å². The molecule has 0 radical (unpaired) electrons. The Labute approximate surface area is 371 Å². The first-order chi connectivity index (χ1) is 31.7. The van der Waals surface area contributed by atoms with Crippen molar-refractivity contribution < 1.29 is 0 Å². The van der Waals surface area contributed by atoms with E-state index in [9.17, 15) is 0 Å². The molecular formula is C59H36N4S. The molecule has 0 saturated carbocycles. The van der Waals surface area contributed by atoms with Crippen LogP contribution in [-0.4, -0.2) is 16.2 Å². The molecule has 0 saturated heterocycles. The Morgan fingerprint density at radius 2 is 1.05 bits per heavy atom. The lowest BCUT2D eigenvalue weighted by Gasteiger charge is -2.25. The molecule has 4 nitrogen and oxygen atoms in total. The number of aromatic nitrogens is 1. The average Bonchev–Trinajstić information content (AvgIpc) is 3.91. The molecule has 13 aromatic rings. The fourth-order valence-corrected chi connectivity index (χ4v) is 11.7. The molecule has 1 aliphatic heterocycles. The van der Waals surface area contributed by atoms with E-state index in [4.69, 9.17) is 9.98 Å². The summed E-state index contributed by atoms with van der Waals surface area (Å²) in [6.07, 6.45) is -0.379. The van der Waals surface area contributed by atoms with Gasteiger partial charge < -0.3 is 9.88 Å². The van der Waals surface area contributed by atoms with Crippen LogP contribution in [0.3, 0.4) is 0 Å². The quantitative estimate of drug-likeness (QED) is 0.176. The SMILES string of the molecule is c1ccc2cc(C3=NC(c4ccc5c(ccc6ccccc65)c4)NC(c4ccc(-n5c6ccccc6c6cc7ccccc7cc65)c5sc6c7ccccc7ccc6c45)=N3)ccc2c1. The zero-order valence-electron chi connectivity index (χ0n) is 34.5. The lowest BCUT2D eigenvalue weighted by atomic mass is 9.98. The van der Waals surface area contributed by atoms with Crippen molar-refractivity contribution >= 4 is 119 Å². The molecule has 1 atom stereocenters. The first kappa shape index (κ1) is 35.5. The number of hydrogen-bond acceptors (Lipinski definition) is 4. The summed E-state index contributed by atoms with van der Waals surface area (Å²) < 4.78 is 4.97. The van der Waals surface area contributed by atoms with E-state index in [1.807, 2.05) is 11.3 Å². The van der Waals surface area contributed by atoms with E-state index in [0.29, 0.717) is 5.84 Å². The molecule has 0 aliphatic carbocycles. The van der Waals surface area contributed by atoms with Crippen molar-refractivity contribution in [2.75, 3.05) is 0 Å². The maximum atomic E-state index is 5.49. The van der Waals surface area contributed by atoms with Crippen LogP contribution in [0.15, 0.2) is 216 Å². The number of para-hydroxylation sites is 1. The Morgan fingerprint density at radius 1 is 0.422 bits per heavy atom. The first-order valence-corrected chi connectivity index (χ1v) is 22.7. The minimum Gasteiger partial charge on any atom is -0.344 e. The fourth-order valence-electron chi connectivity index (χ4n) is 10.3. The van der Waals surface area contributed by atoms with Gasteiger partial charge in [-0.2, -0.15) is 0 Å².